The first-order valence-corrected chi connectivity index (χ1v) is 8.12. The molecule has 2 rings (SSSR count). The number of nitrogens with zero attached hydrogens (tertiary/aromatic N) is 1. The number of hydrogen-bond acceptors (Lipinski definition) is 3. The van der Waals surface area contributed by atoms with Crippen molar-refractivity contribution in [2.45, 2.75) is 52.1 Å². The summed E-state index contributed by atoms with van der Waals surface area (Å²) in [4.78, 5) is 5.63. The summed E-state index contributed by atoms with van der Waals surface area (Å²) in [6.07, 6.45) is 3.84. The molecule has 1 aromatic heterocycles. The molecule has 0 saturated carbocycles. The predicted molar refractivity (Wildman–Crippen MR) is 80.4 cm³/mol. The van der Waals surface area contributed by atoms with Gasteiger partial charge in [-0.05, 0) is 51.4 Å². The van der Waals surface area contributed by atoms with Crippen LogP contribution in [-0.2, 0) is 6.42 Å². The maximum absolute atomic E-state index is 3.61. The summed E-state index contributed by atoms with van der Waals surface area (Å²) >= 11 is 1.98. The fraction of sp³-hybridized carbons (Fsp3) is 0.733. The normalized spacial score (nSPS) is 21.7. The van der Waals surface area contributed by atoms with Gasteiger partial charge in [-0.2, -0.15) is 0 Å². The van der Waals surface area contributed by atoms with Crippen LogP contribution < -0.4 is 5.32 Å². The monoisotopic (exact) mass is 266 g/mol. The zero-order chi connectivity index (χ0) is 13.0. The van der Waals surface area contributed by atoms with Crippen LogP contribution in [-0.4, -0.2) is 30.6 Å². The smallest absolute Gasteiger partial charge is 0.0413 e. The van der Waals surface area contributed by atoms with Crippen molar-refractivity contribution in [3.8, 4) is 0 Å². The molecule has 0 aliphatic carbocycles. The molecule has 0 radical (unpaired) electrons. The number of aryl methyl sites for hydroxylation is 1. The van der Waals surface area contributed by atoms with Crippen LogP contribution >= 0.6 is 11.3 Å². The van der Waals surface area contributed by atoms with Crippen LogP contribution in [0, 0.1) is 0 Å². The molecule has 2 heterocycles. The van der Waals surface area contributed by atoms with Crippen LogP contribution in [0.5, 0.6) is 0 Å². The van der Waals surface area contributed by atoms with E-state index in [4.69, 9.17) is 0 Å². The van der Waals surface area contributed by atoms with Gasteiger partial charge >= 0.3 is 0 Å². The molecule has 1 N–H and O–H groups in total. The molecule has 18 heavy (non-hydrogen) atoms. The van der Waals surface area contributed by atoms with Crippen molar-refractivity contribution in [2.75, 3.05) is 19.6 Å². The molecule has 0 bridgehead atoms. The second-order valence-electron chi connectivity index (χ2n) is 5.21. The highest BCUT2D eigenvalue weighted by Crippen LogP contribution is 2.28. The third kappa shape index (κ3) is 3.34. The van der Waals surface area contributed by atoms with Gasteiger partial charge in [0.05, 0.1) is 0 Å². The Morgan fingerprint density at radius 1 is 1.44 bits per heavy atom. The average Bonchev–Trinajstić information content (AvgIpc) is 3.06. The van der Waals surface area contributed by atoms with Crippen molar-refractivity contribution in [1.82, 2.24) is 10.2 Å². The van der Waals surface area contributed by atoms with E-state index < -0.39 is 0 Å². The lowest BCUT2D eigenvalue weighted by Crippen LogP contribution is -2.38. The van der Waals surface area contributed by atoms with Crippen LogP contribution in [0.4, 0.5) is 0 Å². The molecule has 102 valence electrons. The third-order valence-electron chi connectivity index (χ3n) is 4.01. The minimum Gasteiger partial charge on any atom is -0.313 e. The molecule has 2 nitrogen and oxygen atoms in total. The minimum absolute atomic E-state index is 0.558. The van der Waals surface area contributed by atoms with E-state index in [1.807, 2.05) is 11.3 Å². The summed E-state index contributed by atoms with van der Waals surface area (Å²) in [5.41, 5.74) is 0. The van der Waals surface area contributed by atoms with E-state index in [0.717, 1.165) is 13.0 Å². The van der Waals surface area contributed by atoms with Gasteiger partial charge in [0.1, 0.15) is 0 Å². The van der Waals surface area contributed by atoms with E-state index in [-0.39, 0.29) is 0 Å². The van der Waals surface area contributed by atoms with Gasteiger partial charge in [0.2, 0.25) is 0 Å². The zero-order valence-corrected chi connectivity index (χ0v) is 12.7. The highest BCUT2D eigenvalue weighted by Gasteiger charge is 2.21. The fourth-order valence-electron chi connectivity index (χ4n) is 2.75. The summed E-state index contributed by atoms with van der Waals surface area (Å²) in [7, 11) is 0. The summed E-state index contributed by atoms with van der Waals surface area (Å²) in [6, 6.07) is 5.87. The van der Waals surface area contributed by atoms with Gasteiger partial charge in [-0.1, -0.05) is 13.8 Å². The molecular weight excluding hydrogens is 240 g/mol. The molecular formula is C15H26N2S. The van der Waals surface area contributed by atoms with Gasteiger partial charge in [-0.15, -0.1) is 11.3 Å². The quantitative estimate of drug-likeness (QED) is 0.848. The Balaban J connectivity index is 1.97. The van der Waals surface area contributed by atoms with Crippen LogP contribution in [0.3, 0.4) is 0 Å². The van der Waals surface area contributed by atoms with Gasteiger partial charge in [-0.25, -0.2) is 0 Å². The summed E-state index contributed by atoms with van der Waals surface area (Å²) < 4.78 is 0. The highest BCUT2D eigenvalue weighted by molar-refractivity contribution is 7.12. The van der Waals surface area contributed by atoms with Gasteiger partial charge in [0.25, 0.3) is 0 Å². The molecule has 1 aliphatic rings. The second-order valence-corrected chi connectivity index (χ2v) is 6.41. The number of hydrogen-bond donors (Lipinski definition) is 1. The third-order valence-corrected chi connectivity index (χ3v) is 5.41. The molecule has 2 unspecified atom stereocenters. The molecule has 0 amide bonds. The van der Waals surface area contributed by atoms with Crippen LogP contribution in [0.25, 0.3) is 0 Å². The molecule has 0 aromatic carbocycles. The predicted octanol–water partition coefficient (Wildman–Crippen LogP) is 3.45. The lowest BCUT2D eigenvalue weighted by molar-refractivity contribution is 0.205. The summed E-state index contributed by atoms with van der Waals surface area (Å²) in [5, 5.41) is 3.61. The van der Waals surface area contributed by atoms with E-state index in [2.05, 4.69) is 43.1 Å². The first kappa shape index (κ1) is 14.0. The van der Waals surface area contributed by atoms with E-state index in [0.29, 0.717) is 12.1 Å². The Labute approximate surface area is 115 Å². The SMILES string of the molecule is CCc1ccc(C(C)N(CC)CC2CCCN2)s1. The van der Waals surface area contributed by atoms with Crippen molar-refractivity contribution < 1.29 is 0 Å². The molecule has 1 aromatic rings. The first-order valence-electron chi connectivity index (χ1n) is 7.30. The molecule has 2 atom stereocenters. The largest absolute Gasteiger partial charge is 0.313 e. The Kier molecular flexibility index (Phi) is 5.22. The number of thiophene rings is 1. The van der Waals surface area contributed by atoms with Crippen molar-refractivity contribution in [3.05, 3.63) is 21.9 Å². The van der Waals surface area contributed by atoms with Crippen molar-refractivity contribution in [1.29, 1.82) is 0 Å². The Bertz CT molecular complexity index is 355. The number of nitrogens with one attached hydrogen (secondary N) is 1. The summed E-state index contributed by atoms with van der Waals surface area (Å²) in [5.74, 6) is 0. The molecule has 1 fully saturated rings. The molecule has 3 heteroatoms. The van der Waals surface area contributed by atoms with Crippen LogP contribution in [0.15, 0.2) is 12.1 Å². The Hall–Kier alpha value is -0.380. The molecule has 0 spiro atoms. The van der Waals surface area contributed by atoms with Crippen LogP contribution in [0.1, 0.15) is 49.4 Å². The second kappa shape index (κ2) is 6.69. The van der Waals surface area contributed by atoms with Crippen molar-refractivity contribution >= 4 is 11.3 Å². The number of likely N-dealkylation sites (N-methyl/N-ethyl adjacent to an activating group) is 1. The number of rotatable bonds is 6. The van der Waals surface area contributed by atoms with E-state index in [9.17, 15) is 0 Å². The van der Waals surface area contributed by atoms with E-state index >= 15 is 0 Å². The van der Waals surface area contributed by atoms with E-state index in [1.165, 1.54) is 35.7 Å². The Morgan fingerprint density at radius 2 is 2.28 bits per heavy atom. The maximum atomic E-state index is 3.61. The molecule has 1 saturated heterocycles. The van der Waals surface area contributed by atoms with Crippen LogP contribution in [0.2, 0.25) is 0 Å². The lowest BCUT2D eigenvalue weighted by atomic mass is 10.1. The summed E-state index contributed by atoms with van der Waals surface area (Å²) in [6.45, 7) is 10.4. The van der Waals surface area contributed by atoms with Crippen molar-refractivity contribution in [3.63, 3.8) is 0 Å². The maximum Gasteiger partial charge on any atom is 0.0413 e. The molecule has 1 aliphatic heterocycles. The first-order chi connectivity index (χ1) is 8.74. The zero-order valence-electron chi connectivity index (χ0n) is 11.9. The van der Waals surface area contributed by atoms with Gasteiger partial charge in [0, 0.05) is 28.4 Å². The van der Waals surface area contributed by atoms with Crippen molar-refractivity contribution in [2.24, 2.45) is 0 Å². The minimum atomic E-state index is 0.558. The topological polar surface area (TPSA) is 15.3 Å². The van der Waals surface area contributed by atoms with Gasteiger partial charge in [-0.3, -0.25) is 4.90 Å². The van der Waals surface area contributed by atoms with E-state index in [1.54, 1.807) is 0 Å². The lowest BCUT2D eigenvalue weighted by Gasteiger charge is -2.29. The fourth-order valence-corrected chi connectivity index (χ4v) is 3.78. The average molecular weight is 266 g/mol. The van der Waals surface area contributed by atoms with Gasteiger partial charge in [0.15, 0.2) is 0 Å². The van der Waals surface area contributed by atoms with Gasteiger partial charge < -0.3 is 5.32 Å². The highest BCUT2D eigenvalue weighted by atomic mass is 32.1. The standard InChI is InChI=1S/C15H26N2S/c1-4-14-8-9-15(18-14)12(3)17(5-2)11-13-7-6-10-16-13/h8-9,12-13,16H,4-7,10-11H2,1-3H3. The Morgan fingerprint density at radius 3 is 2.83 bits per heavy atom.